The summed E-state index contributed by atoms with van der Waals surface area (Å²) in [6.45, 7) is 2.27. The first-order valence-corrected chi connectivity index (χ1v) is 10.9. The smallest absolute Gasteiger partial charge is 0.259 e. The van der Waals surface area contributed by atoms with Crippen molar-refractivity contribution in [2.45, 2.75) is 25.9 Å². The Kier molecular flexibility index (Phi) is 6.45. The van der Waals surface area contributed by atoms with Gasteiger partial charge in [0.2, 0.25) is 5.78 Å². The second-order valence-corrected chi connectivity index (χ2v) is 8.42. The van der Waals surface area contributed by atoms with Gasteiger partial charge in [-0.1, -0.05) is 22.9 Å². The molecule has 1 saturated heterocycles. The zero-order valence-electron chi connectivity index (χ0n) is 17.1. The molecule has 3 aromatic heterocycles. The van der Waals surface area contributed by atoms with E-state index < -0.39 is 17.8 Å². The summed E-state index contributed by atoms with van der Waals surface area (Å²) < 4.78 is 25.5. The zero-order chi connectivity index (χ0) is 22.8. The Morgan fingerprint density at radius 1 is 1.28 bits per heavy atom. The molecule has 4 rings (SSSR count). The number of methoxy groups -OCH3 is 1. The molecule has 0 aromatic carbocycles. The number of hydrogen-bond acceptors (Lipinski definition) is 8. The second kappa shape index (κ2) is 9.27. The molecule has 166 valence electrons. The summed E-state index contributed by atoms with van der Waals surface area (Å²) in [6.07, 6.45) is 5.05. The van der Waals surface area contributed by atoms with Crippen molar-refractivity contribution in [1.29, 1.82) is 0 Å². The minimum Gasteiger partial charge on any atom is -0.494 e. The highest BCUT2D eigenvalue weighted by Gasteiger charge is 2.27. The van der Waals surface area contributed by atoms with Gasteiger partial charge in [-0.3, -0.25) is 19.9 Å². The average molecular weight is 477 g/mol. The number of anilines is 1. The molecule has 0 bridgehead atoms. The molecule has 8 nitrogen and oxygen atoms in total. The normalized spacial score (nSPS) is 15.6. The van der Waals surface area contributed by atoms with Crippen molar-refractivity contribution in [2.75, 3.05) is 19.0 Å². The summed E-state index contributed by atoms with van der Waals surface area (Å²) >= 11 is 6.92. The highest BCUT2D eigenvalue weighted by atomic mass is 35.5. The van der Waals surface area contributed by atoms with Crippen molar-refractivity contribution in [2.24, 2.45) is 0 Å². The number of pyridine rings is 2. The largest absolute Gasteiger partial charge is 0.494 e. The first kappa shape index (κ1) is 22.3. The number of ether oxygens (including phenoxy) is 2. The standard InChI is InChI=1S/C21H18ClFN4O4S/c1-10-6-11(16-14(30-2)8-25-19(22)17(16)23)12(7-24-10)20(29)27-21-26-9-15(32-21)18(28)13-4-3-5-31-13/h6-9,13H,3-5H2,1-2H3,(H,26,27,29)/t13-/m1/s1. The third-order valence-electron chi connectivity index (χ3n) is 4.91. The first-order chi connectivity index (χ1) is 15.4. The van der Waals surface area contributed by atoms with Crippen LogP contribution < -0.4 is 10.1 Å². The number of carbonyl (C=O) groups excluding carboxylic acids is 2. The molecule has 1 N–H and O–H groups in total. The average Bonchev–Trinajstić information content (AvgIpc) is 3.47. The lowest BCUT2D eigenvalue weighted by molar-refractivity contribution is 0.0647. The molecule has 0 unspecified atom stereocenters. The number of nitrogens with one attached hydrogen (secondary N) is 1. The first-order valence-electron chi connectivity index (χ1n) is 9.67. The number of aromatic nitrogens is 3. The van der Waals surface area contributed by atoms with E-state index in [1.54, 1.807) is 13.0 Å². The van der Waals surface area contributed by atoms with Crippen LogP contribution in [-0.2, 0) is 4.74 Å². The number of halogens is 2. The monoisotopic (exact) mass is 476 g/mol. The Hall–Kier alpha value is -2.95. The van der Waals surface area contributed by atoms with Gasteiger partial charge in [-0.2, -0.15) is 0 Å². The number of aryl methyl sites for hydroxylation is 1. The van der Waals surface area contributed by atoms with E-state index in [0.717, 1.165) is 17.8 Å². The molecule has 1 aliphatic rings. The third kappa shape index (κ3) is 4.34. The van der Waals surface area contributed by atoms with Gasteiger partial charge in [0, 0.05) is 24.1 Å². The van der Waals surface area contributed by atoms with Crippen LogP contribution >= 0.6 is 22.9 Å². The highest BCUT2D eigenvalue weighted by Crippen LogP contribution is 2.37. The number of hydrogen-bond donors (Lipinski definition) is 1. The minimum atomic E-state index is -0.815. The number of thiazole rings is 1. The van der Waals surface area contributed by atoms with E-state index in [4.69, 9.17) is 21.1 Å². The van der Waals surface area contributed by atoms with Crippen molar-refractivity contribution >= 4 is 39.8 Å². The Bertz CT molecular complexity index is 1200. The van der Waals surface area contributed by atoms with Gasteiger partial charge in [-0.05, 0) is 25.8 Å². The molecular weight excluding hydrogens is 459 g/mol. The number of Topliss-reactive ketones (excluding diaryl/α,β-unsaturated/α-hetero) is 1. The minimum absolute atomic E-state index is 0.00321. The molecule has 1 amide bonds. The van der Waals surface area contributed by atoms with E-state index in [1.165, 1.54) is 25.7 Å². The maximum atomic E-state index is 14.9. The lowest BCUT2D eigenvalue weighted by atomic mass is 10.00. The fourth-order valence-electron chi connectivity index (χ4n) is 3.35. The topological polar surface area (TPSA) is 103 Å². The van der Waals surface area contributed by atoms with Gasteiger partial charge in [0.25, 0.3) is 5.91 Å². The van der Waals surface area contributed by atoms with E-state index >= 15 is 0 Å². The van der Waals surface area contributed by atoms with Crippen molar-refractivity contribution < 1.29 is 23.5 Å². The van der Waals surface area contributed by atoms with Crippen LogP contribution in [0.5, 0.6) is 5.75 Å². The lowest BCUT2D eigenvalue weighted by Gasteiger charge is -2.14. The van der Waals surface area contributed by atoms with Crippen LogP contribution in [0.15, 0.2) is 24.7 Å². The van der Waals surface area contributed by atoms with Gasteiger partial charge in [-0.15, -0.1) is 0 Å². The Balaban J connectivity index is 1.65. The Morgan fingerprint density at radius 2 is 2.09 bits per heavy atom. The molecule has 1 atom stereocenters. The number of carbonyl (C=O) groups is 2. The number of ketones is 1. The quantitative estimate of drug-likeness (QED) is 0.417. The number of rotatable bonds is 6. The molecule has 0 saturated carbocycles. The predicted molar refractivity (Wildman–Crippen MR) is 117 cm³/mol. The van der Waals surface area contributed by atoms with E-state index in [9.17, 15) is 14.0 Å². The van der Waals surface area contributed by atoms with E-state index in [1.807, 2.05) is 0 Å². The molecule has 1 fully saturated rings. The van der Waals surface area contributed by atoms with E-state index in [-0.39, 0.29) is 38.5 Å². The highest BCUT2D eigenvalue weighted by molar-refractivity contribution is 7.17. The summed E-state index contributed by atoms with van der Waals surface area (Å²) in [5.74, 6) is -1.43. The van der Waals surface area contributed by atoms with Crippen molar-refractivity contribution in [3.05, 3.63) is 51.8 Å². The van der Waals surface area contributed by atoms with E-state index in [0.29, 0.717) is 23.6 Å². The zero-order valence-corrected chi connectivity index (χ0v) is 18.7. The fraction of sp³-hybridized carbons (Fsp3) is 0.286. The number of nitrogens with zero attached hydrogens (tertiary/aromatic N) is 3. The molecule has 32 heavy (non-hydrogen) atoms. The van der Waals surface area contributed by atoms with Crippen molar-refractivity contribution in [3.63, 3.8) is 0 Å². The van der Waals surface area contributed by atoms with Crippen LogP contribution in [0.1, 0.15) is 38.6 Å². The summed E-state index contributed by atoms with van der Waals surface area (Å²) in [7, 11) is 1.36. The summed E-state index contributed by atoms with van der Waals surface area (Å²) in [5, 5.41) is 2.53. The molecule has 11 heteroatoms. The number of amides is 1. The summed E-state index contributed by atoms with van der Waals surface area (Å²) in [4.78, 5) is 37.9. The molecule has 0 radical (unpaired) electrons. The Labute approximate surface area is 191 Å². The maximum Gasteiger partial charge on any atom is 0.259 e. The molecule has 1 aliphatic heterocycles. The van der Waals surface area contributed by atoms with Crippen LogP contribution in [0.3, 0.4) is 0 Å². The molecular formula is C21H18ClFN4O4S. The second-order valence-electron chi connectivity index (χ2n) is 7.03. The third-order valence-corrected chi connectivity index (χ3v) is 6.10. The van der Waals surface area contributed by atoms with Crippen LogP contribution in [0, 0.1) is 12.7 Å². The Morgan fingerprint density at radius 3 is 2.81 bits per heavy atom. The SMILES string of the molecule is COc1cnc(Cl)c(F)c1-c1cc(C)ncc1C(=O)Nc1ncc(C(=O)[C@H]2CCCO2)s1. The van der Waals surface area contributed by atoms with Crippen molar-refractivity contribution in [3.8, 4) is 16.9 Å². The van der Waals surface area contributed by atoms with Crippen molar-refractivity contribution in [1.82, 2.24) is 15.0 Å². The maximum absolute atomic E-state index is 14.9. The van der Waals surface area contributed by atoms with Crippen LogP contribution in [0.2, 0.25) is 5.15 Å². The van der Waals surface area contributed by atoms with Crippen LogP contribution in [-0.4, -0.2) is 46.5 Å². The van der Waals surface area contributed by atoms with E-state index in [2.05, 4.69) is 20.3 Å². The molecule has 0 spiro atoms. The van der Waals surface area contributed by atoms with Crippen LogP contribution in [0.25, 0.3) is 11.1 Å². The van der Waals surface area contributed by atoms with Gasteiger partial charge >= 0.3 is 0 Å². The summed E-state index contributed by atoms with van der Waals surface area (Å²) in [5.41, 5.74) is 0.874. The molecule has 0 aliphatic carbocycles. The van der Waals surface area contributed by atoms with Crippen LogP contribution in [0.4, 0.5) is 9.52 Å². The van der Waals surface area contributed by atoms with Gasteiger partial charge in [0.15, 0.2) is 16.1 Å². The predicted octanol–water partition coefficient (Wildman–Crippen LogP) is 4.32. The molecule has 3 aromatic rings. The molecule has 4 heterocycles. The summed E-state index contributed by atoms with van der Waals surface area (Å²) in [6, 6.07) is 1.56. The van der Waals surface area contributed by atoms with Gasteiger partial charge < -0.3 is 9.47 Å². The van der Waals surface area contributed by atoms with Gasteiger partial charge in [-0.25, -0.2) is 14.4 Å². The lowest BCUT2D eigenvalue weighted by Crippen LogP contribution is -2.18. The fourth-order valence-corrected chi connectivity index (χ4v) is 4.29. The van der Waals surface area contributed by atoms with Gasteiger partial charge in [0.1, 0.15) is 11.9 Å². The van der Waals surface area contributed by atoms with Gasteiger partial charge in [0.05, 0.1) is 35.5 Å².